The van der Waals surface area contributed by atoms with Crippen LogP contribution in [0.15, 0.2) is 18.8 Å². The second kappa shape index (κ2) is 6.58. The fourth-order valence-corrected chi connectivity index (χ4v) is 3.03. The highest BCUT2D eigenvalue weighted by Gasteiger charge is 2.53. The molecule has 0 radical (unpaired) electrons. The van der Waals surface area contributed by atoms with Gasteiger partial charge in [-0.15, -0.1) is 0 Å². The molecule has 1 aliphatic heterocycles. The Balaban J connectivity index is 2.19. The molecule has 0 aromatic carbocycles. The van der Waals surface area contributed by atoms with Gasteiger partial charge in [0.1, 0.15) is 29.8 Å². The van der Waals surface area contributed by atoms with Crippen LogP contribution in [0.5, 0.6) is 0 Å². The molecular weight excluding hydrogens is 332 g/mol. The van der Waals surface area contributed by atoms with Crippen molar-refractivity contribution >= 4 is 22.9 Å². The van der Waals surface area contributed by atoms with Crippen molar-refractivity contribution in [3.05, 3.63) is 24.3 Å². The Labute approximate surface area is 142 Å². The molecule has 2 aromatic heterocycles. The number of anilines is 1. The average molecular weight is 352 g/mol. The molecule has 3 rings (SSSR count). The molecule has 1 fully saturated rings. The summed E-state index contributed by atoms with van der Waals surface area (Å²) in [6.45, 7) is 0.975. The molecule has 5 N–H and O–H groups in total. The van der Waals surface area contributed by atoms with Gasteiger partial charge in [-0.2, -0.15) is 0 Å². The number of aliphatic hydroxyl groups is 3. The molecule has 3 heterocycles. The fraction of sp³-hybridized carbons (Fsp3) is 0.467. The van der Waals surface area contributed by atoms with Crippen LogP contribution >= 0.6 is 0 Å². The lowest BCUT2D eigenvalue weighted by Crippen LogP contribution is -2.44. The minimum absolute atomic E-state index is 0.163. The maximum absolute atomic E-state index is 10.7. The van der Waals surface area contributed by atoms with Crippen molar-refractivity contribution in [3.8, 4) is 0 Å². The zero-order valence-electron chi connectivity index (χ0n) is 13.7. The van der Waals surface area contributed by atoms with E-state index >= 15 is 0 Å². The number of aromatic nitrogens is 3. The topological polar surface area (TPSA) is 142 Å². The molecule has 136 valence electrons. The number of hydrogen-bond acceptors (Lipinski definition) is 9. The molecule has 4 atom stereocenters. The van der Waals surface area contributed by atoms with Crippen LogP contribution in [-0.4, -0.2) is 66.6 Å². The molecular formula is C15H20N4O6. The molecule has 1 aliphatic rings. The Morgan fingerprint density at radius 3 is 2.84 bits per heavy atom. The van der Waals surface area contributed by atoms with E-state index in [9.17, 15) is 20.5 Å². The molecule has 0 spiro atoms. The third kappa shape index (κ3) is 2.73. The third-order valence-corrected chi connectivity index (χ3v) is 4.32. The summed E-state index contributed by atoms with van der Waals surface area (Å²) in [7, 11) is 1.49. The summed E-state index contributed by atoms with van der Waals surface area (Å²) in [6.07, 6.45) is 2.71. The number of nitrogens with zero attached hydrogens (tertiary/aromatic N) is 3. The number of ether oxygens (including phenoxy) is 2. The van der Waals surface area contributed by atoms with Gasteiger partial charge in [0, 0.05) is 11.8 Å². The zero-order chi connectivity index (χ0) is 18.2. The van der Waals surface area contributed by atoms with Crippen LogP contribution in [0, 0.1) is 0 Å². The van der Waals surface area contributed by atoms with Gasteiger partial charge in [0.25, 0.3) is 0 Å². The molecule has 2 aromatic rings. The molecule has 0 amide bonds. The van der Waals surface area contributed by atoms with E-state index in [0.29, 0.717) is 16.6 Å². The first-order valence-corrected chi connectivity index (χ1v) is 7.57. The number of methoxy groups -OCH3 is 1. The molecule has 10 heteroatoms. The quantitative estimate of drug-likeness (QED) is 0.367. The van der Waals surface area contributed by atoms with Crippen molar-refractivity contribution in [2.24, 2.45) is 0 Å². The van der Waals surface area contributed by atoms with Gasteiger partial charge in [0.05, 0.1) is 25.4 Å². The summed E-state index contributed by atoms with van der Waals surface area (Å²) in [5.41, 5.74) is 1.29. The number of nitrogens with one attached hydrogen (secondary N) is 1. The van der Waals surface area contributed by atoms with E-state index < -0.39 is 30.6 Å². The smallest absolute Gasteiger partial charge is 0.167 e. The standard InChI is InChI=1S/C15H20N4O6/c1-15(22)11(21)9(6-20)25-14(15)19-5-8(3-4-24-2)10-12(18-23)16-7-17-13(10)19/h3-5,7,9,11,14,20-23H,6H2,1-2H3,(H,16,17,18)/b4-3-/t9?,11?,14?,15-/m1/s1. The Hall–Kier alpha value is -2.24. The molecule has 25 heavy (non-hydrogen) atoms. The lowest BCUT2D eigenvalue weighted by molar-refractivity contribution is -0.0948. The number of hydrogen-bond donors (Lipinski definition) is 5. The first kappa shape index (κ1) is 17.6. The van der Waals surface area contributed by atoms with Crippen molar-refractivity contribution in [3.63, 3.8) is 0 Å². The highest BCUT2D eigenvalue weighted by molar-refractivity contribution is 5.95. The van der Waals surface area contributed by atoms with Gasteiger partial charge in [0.15, 0.2) is 12.0 Å². The largest absolute Gasteiger partial charge is 0.504 e. The second-order valence-electron chi connectivity index (χ2n) is 5.94. The summed E-state index contributed by atoms with van der Waals surface area (Å²) in [4.78, 5) is 8.16. The Kier molecular flexibility index (Phi) is 4.62. The van der Waals surface area contributed by atoms with Gasteiger partial charge >= 0.3 is 0 Å². The number of rotatable bonds is 5. The van der Waals surface area contributed by atoms with E-state index in [1.165, 1.54) is 31.2 Å². The van der Waals surface area contributed by atoms with Gasteiger partial charge in [-0.3, -0.25) is 10.7 Å². The van der Waals surface area contributed by atoms with E-state index in [1.54, 1.807) is 12.3 Å². The van der Waals surface area contributed by atoms with Crippen molar-refractivity contribution < 1.29 is 30.0 Å². The van der Waals surface area contributed by atoms with Crippen molar-refractivity contribution in [1.82, 2.24) is 14.5 Å². The van der Waals surface area contributed by atoms with Gasteiger partial charge in [-0.05, 0) is 13.0 Å². The monoisotopic (exact) mass is 352 g/mol. The first-order valence-electron chi connectivity index (χ1n) is 7.57. The van der Waals surface area contributed by atoms with Crippen LogP contribution < -0.4 is 5.48 Å². The summed E-state index contributed by atoms with van der Waals surface area (Å²) in [5, 5.41) is 40.0. The SMILES string of the molecule is CO/C=C\c1cn(C2OC(CO)C(O)[C@@]2(C)O)c2ncnc(NO)c12. The van der Waals surface area contributed by atoms with E-state index in [2.05, 4.69) is 9.97 Å². The van der Waals surface area contributed by atoms with Crippen molar-refractivity contribution in [1.29, 1.82) is 0 Å². The predicted molar refractivity (Wildman–Crippen MR) is 86.6 cm³/mol. The lowest BCUT2D eigenvalue weighted by Gasteiger charge is -2.27. The Morgan fingerprint density at radius 2 is 2.24 bits per heavy atom. The van der Waals surface area contributed by atoms with E-state index in [1.807, 2.05) is 5.48 Å². The minimum atomic E-state index is -1.67. The van der Waals surface area contributed by atoms with Crippen LogP contribution in [-0.2, 0) is 9.47 Å². The van der Waals surface area contributed by atoms with Crippen LogP contribution in [0.4, 0.5) is 5.82 Å². The molecule has 0 bridgehead atoms. The van der Waals surface area contributed by atoms with Gasteiger partial charge < -0.3 is 29.4 Å². The van der Waals surface area contributed by atoms with Crippen LogP contribution in [0.1, 0.15) is 18.7 Å². The second-order valence-corrected chi connectivity index (χ2v) is 5.94. The Bertz CT molecular complexity index is 790. The lowest BCUT2D eigenvalue weighted by atomic mass is 9.96. The minimum Gasteiger partial charge on any atom is -0.504 e. The van der Waals surface area contributed by atoms with Gasteiger partial charge in [0.2, 0.25) is 0 Å². The maximum Gasteiger partial charge on any atom is 0.167 e. The molecule has 0 saturated carbocycles. The predicted octanol–water partition coefficient (Wildman–Crippen LogP) is -0.149. The van der Waals surface area contributed by atoms with E-state index in [4.69, 9.17) is 9.47 Å². The van der Waals surface area contributed by atoms with E-state index in [-0.39, 0.29) is 5.82 Å². The summed E-state index contributed by atoms with van der Waals surface area (Å²) in [5.74, 6) is 0.163. The van der Waals surface area contributed by atoms with Crippen LogP contribution in [0.3, 0.4) is 0 Å². The molecule has 10 nitrogen and oxygen atoms in total. The highest BCUT2D eigenvalue weighted by atomic mass is 16.6. The fourth-order valence-electron chi connectivity index (χ4n) is 3.03. The average Bonchev–Trinajstić information content (AvgIpc) is 3.08. The summed E-state index contributed by atoms with van der Waals surface area (Å²) >= 11 is 0. The van der Waals surface area contributed by atoms with Gasteiger partial charge in [-0.1, -0.05) is 0 Å². The van der Waals surface area contributed by atoms with Gasteiger partial charge in [-0.25, -0.2) is 9.97 Å². The van der Waals surface area contributed by atoms with Crippen LogP contribution in [0.25, 0.3) is 17.1 Å². The zero-order valence-corrected chi connectivity index (χ0v) is 13.7. The van der Waals surface area contributed by atoms with Crippen molar-refractivity contribution in [2.75, 3.05) is 19.2 Å². The van der Waals surface area contributed by atoms with Crippen molar-refractivity contribution in [2.45, 2.75) is 31.0 Å². The number of fused-ring (bicyclic) bond motifs is 1. The molecule has 0 aliphatic carbocycles. The summed E-state index contributed by atoms with van der Waals surface area (Å²) in [6, 6.07) is 0. The molecule has 1 saturated heterocycles. The number of aliphatic hydroxyl groups excluding tert-OH is 2. The Morgan fingerprint density at radius 1 is 1.48 bits per heavy atom. The first-order chi connectivity index (χ1) is 12.0. The van der Waals surface area contributed by atoms with Crippen LogP contribution in [0.2, 0.25) is 0 Å². The maximum atomic E-state index is 10.7. The normalized spacial score (nSPS) is 29.6. The third-order valence-electron chi connectivity index (χ3n) is 4.32. The highest BCUT2D eigenvalue weighted by Crippen LogP contribution is 2.41. The molecule has 3 unspecified atom stereocenters. The van der Waals surface area contributed by atoms with E-state index in [0.717, 1.165) is 0 Å². The summed E-state index contributed by atoms with van der Waals surface area (Å²) < 4.78 is 12.1.